The number of aromatic nitrogens is 7. The fourth-order valence-corrected chi connectivity index (χ4v) is 2.35. The third-order valence-electron chi connectivity index (χ3n) is 3.57. The molecule has 128 valence electrons. The third-order valence-corrected chi connectivity index (χ3v) is 3.57. The van der Waals surface area contributed by atoms with Gasteiger partial charge in [0.2, 0.25) is 5.82 Å². The van der Waals surface area contributed by atoms with Gasteiger partial charge in [0, 0.05) is 30.2 Å². The summed E-state index contributed by atoms with van der Waals surface area (Å²) in [5.41, 5.74) is 2.22. The number of rotatable bonds is 4. The smallest absolute Gasteiger partial charge is 0.316 e. The van der Waals surface area contributed by atoms with Crippen LogP contribution in [0.5, 0.6) is 6.01 Å². The van der Waals surface area contributed by atoms with Crippen LogP contribution in [0.2, 0.25) is 0 Å². The van der Waals surface area contributed by atoms with Crippen molar-refractivity contribution in [3.63, 3.8) is 0 Å². The summed E-state index contributed by atoms with van der Waals surface area (Å²) in [6.07, 6.45) is 4.75. The Balaban J connectivity index is 1.71. The van der Waals surface area contributed by atoms with Gasteiger partial charge < -0.3 is 4.74 Å². The molecule has 3 aromatic heterocycles. The van der Waals surface area contributed by atoms with Crippen molar-refractivity contribution in [2.75, 3.05) is 7.11 Å². The summed E-state index contributed by atoms with van der Waals surface area (Å²) in [6, 6.07) is 10.0. The average Bonchev–Trinajstić information content (AvgIpc) is 3.19. The minimum absolute atomic E-state index is 0.239. The van der Waals surface area contributed by atoms with Gasteiger partial charge in [-0.3, -0.25) is 4.98 Å². The predicted molar refractivity (Wildman–Crippen MR) is 89.9 cm³/mol. The quantitative estimate of drug-likeness (QED) is 0.558. The largest absolute Gasteiger partial charge is 0.467 e. The minimum atomic E-state index is -0.440. The van der Waals surface area contributed by atoms with Crippen LogP contribution in [-0.4, -0.2) is 42.3 Å². The normalized spacial score (nSPS) is 10.7. The second-order valence-electron chi connectivity index (χ2n) is 5.27. The highest BCUT2D eigenvalue weighted by atomic mass is 19.1. The second-order valence-corrected chi connectivity index (χ2v) is 5.27. The number of tetrazole rings is 1. The Labute approximate surface area is 147 Å². The van der Waals surface area contributed by atoms with E-state index in [4.69, 9.17) is 4.74 Å². The molecule has 0 aliphatic rings. The first-order chi connectivity index (χ1) is 12.7. The minimum Gasteiger partial charge on any atom is -0.467 e. The van der Waals surface area contributed by atoms with Crippen LogP contribution >= 0.6 is 0 Å². The summed E-state index contributed by atoms with van der Waals surface area (Å²) in [6.45, 7) is 0. The Morgan fingerprint density at radius 1 is 1.00 bits per heavy atom. The van der Waals surface area contributed by atoms with E-state index < -0.39 is 5.82 Å². The lowest BCUT2D eigenvalue weighted by atomic mass is 10.1. The number of halogens is 1. The average molecular weight is 349 g/mol. The number of pyridine rings is 1. The van der Waals surface area contributed by atoms with E-state index in [1.165, 1.54) is 24.0 Å². The molecule has 0 unspecified atom stereocenters. The Bertz CT molecular complexity index is 1030. The van der Waals surface area contributed by atoms with Crippen molar-refractivity contribution < 1.29 is 9.13 Å². The molecule has 0 atom stereocenters. The summed E-state index contributed by atoms with van der Waals surface area (Å²) >= 11 is 0. The molecule has 0 fully saturated rings. The first-order valence-electron chi connectivity index (χ1n) is 7.62. The molecule has 0 N–H and O–H groups in total. The van der Waals surface area contributed by atoms with Gasteiger partial charge in [-0.1, -0.05) is 6.07 Å². The first-order valence-corrected chi connectivity index (χ1v) is 7.62. The van der Waals surface area contributed by atoms with E-state index in [1.54, 1.807) is 36.8 Å². The summed E-state index contributed by atoms with van der Waals surface area (Å²) in [5.74, 6) is -0.0887. The molecule has 1 aromatic carbocycles. The van der Waals surface area contributed by atoms with Gasteiger partial charge in [-0.25, -0.2) is 14.4 Å². The molecule has 0 aliphatic heterocycles. The fourth-order valence-electron chi connectivity index (χ4n) is 2.35. The van der Waals surface area contributed by atoms with Crippen molar-refractivity contribution in [2.24, 2.45) is 0 Å². The van der Waals surface area contributed by atoms with Gasteiger partial charge in [-0.05, 0) is 35.0 Å². The molecule has 26 heavy (non-hydrogen) atoms. The van der Waals surface area contributed by atoms with Crippen molar-refractivity contribution in [3.05, 3.63) is 60.8 Å². The lowest BCUT2D eigenvalue weighted by Gasteiger charge is -2.05. The molecule has 3 heterocycles. The van der Waals surface area contributed by atoms with Crippen LogP contribution in [0.1, 0.15) is 0 Å². The number of hydrogen-bond acceptors (Lipinski definition) is 7. The van der Waals surface area contributed by atoms with Crippen LogP contribution in [0, 0.1) is 5.82 Å². The number of nitrogens with zero attached hydrogens (tertiary/aromatic N) is 7. The number of hydrogen-bond donors (Lipinski definition) is 0. The highest BCUT2D eigenvalue weighted by molar-refractivity contribution is 5.64. The van der Waals surface area contributed by atoms with Crippen molar-refractivity contribution >= 4 is 0 Å². The highest BCUT2D eigenvalue weighted by Crippen LogP contribution is 2.23. The van der Waals surface area contributed by atoms with E-state index >= 15 is 0 Å². The van der Waals surface area contributed by atoms with Crippen LogP contribution in [0.4, 0.5) is 4.39 Å². The molecule has 0 bridgehead atoms. The molecule has 0 aliphatic carbocycles. The molecule has 0 saturated heterocycles. The van der Waals surface area contributed by atoms with Gasteiger partial charge in [0.15, 0.2) is 0 Å². The maximum Gasteiger partial charge on any atom is 0.316 e. The fraction of sp³-hybridized carbons (Fsp3) is 0.0588. The lowest BCUT2D eigenvalue weighted by molar-refractivity contribution is 0.380. The third kappa shape index (κ3) is 3.09. The zero-order valence-electron chi connectivity index (χ0n) is 13.6. The SMILES string of the molecule is COc1ncc(-c2cc(F)cc(-n3nnc(-c4ccccn4)n3)c2)cn1. The van der Waals surface area contributed by atoms with Crippen LogP contribution in [-0.2, 0) is 0 Å². The highest BCUT2D eigenvalue weighted by Gasteiger charge is 2.11. The molecule has 0 radical (unpaired) electrons. The molecule has 9 heteroatoms. The van der Waals surface area contributed by atoms with Gasteiger partial charge in [-0.15, -0.1) is 15.0 Å². The van der Waals surface area contributed by atoms with Crippen molar-refractivity contribution in [3.8, 4) is 34.3 Å². The van der Waals surface area contributed by atoms with Crippen LogP contribution < -0.4 is 4.74 Å². The Morgan fingerprint density at radius 2 is 1.85 bits per heavy atom. The van der Waals surface area contributed by atoms with Gasteiger partial charge in [0.1, 0.15) is 11.5 Å². The summed E-state index contributed by atoms with van der Waals surface area (Å²) in [5, 5.41) is 12.2. The van der Waals surface area contributed by atoms with E-state index in [0.717, 1.165) is 0 Å². The monoisotopic (exact) mass is 349 g/mol. The number of ether oxygens (including phenoxy) is 1. The first kappa shape index (κ1) is 15.8. The van der Waals surface area contributed by atoms with E-state index in [1.807, 2.05) is 6.07 Å². The lowest BCUT2D eigenvalue weighted by Crippen LogP contribution is -2.01. The molecule has 0 amide bonds. The Hall–Kier alpha value is -3.75. The van der Waals surface area contributed by atoms with Crippen LogP contribution in [0.25, 0.3) is 28.3 Å². The van der Waals surface area contributed by atoms with E-state index in [-0.39, 0.29) is 6.01 Å². The van der Waals surface area contributed by atoms with Gasteiger partial charge in [0.25, 0.3) is 0 Å². The van der Waals surface area contributed by atoms with E-state index in [0.29, 0.717) is 28.3 Å². The molecule has 4 aromatic rings. The molecule has 0 saturated carbocycles. The molecule has 4 rings (SSSR count). The Morgan fingerprint density at radius 3 is 2.58 bits per heavy atom. The van der Waals surface area contributed by atoms with E-state index in [2.05, 4.69) is 30.4 Å². The van der Waals surface area contributed by atoms with E-state index in [9.17, 15) is 4.39 Å². The zero-order chi connectivity index (χ0) is 17.9. The standard InChI is InChI=1S/C17H12FN7O/c1-26-17-20-9-12(10-21-17)11-6-13(18)8-14(7-11)25-23-16(22-24-25)15-4-2-3-5-19-15/h2-10H,1H3. The van der Waals surface area contributed by atoms with Gasteiger partial charge in [-0.2, -0.15) is 0 Å². The van der Waals surface area contributed by atoms with Gasteiger partial charge >= 0.3 is 6.01 Å². The van der Waals surface area contributed by atoms with Crippen LogP contribution in [0.15, 0.2) is 55.0 Å². The second kappa shape index (κ2) is 6.63. The molecule has 0 spiro atoms. The summed E-state index contributed by atoms with van der Waals surface area (Å²) in [4.78, 5) is 13.5. The van der Waals surface area contributed by atoms with Crippen molar-refractivity contribution in [1.82, 2.24) is 35.2 Å². The molecule has 8 nitrogen and oxygen atoms in total. The molecular weight excluding hydrogens is 337 g/mol. The maximum absolute atomic E-state index is 14.1. The maximum atomic E-state index is 14.1. The van der Waals surface area contributed by atoms with Crippen molar-refractivity contribution in [2.45, 2.75) is 0 Å². The number of benzene rings is 1. The van der Waals surface area contributed by atoms with Gasteiger partial charge in [0.05, 0.1) is 12.8 Å². The van der Waals surface area contributed by atoms with Crippen molar-refractivity contribution in [1.29, 1.82) is 0 Å². The topological polar surface area (TPSA) is 91.5 Å². The Kier molecular flexibility index (Phi) is 4.02. The predicted octanol–water partition coefficient (Wildman–Crippen LogP) is 2.33. The number of methoxy groups -OCH3 is 1. The zero-order valence-corrected chi connectivity index (χ0v) is 13.6. The summed E-state index contributed by atoms with van der Waals surface area (Å²) in [7, 11) is 1.48. The van der Waals surface area contributed by atoms with Crippen LogP contribution in [0.3, 0.4) is 0 Å². The summed E-state index contributed by atoms with van der Waals surface area (Å²) < 4.78 is 19.0. The molecular formula is C17H12FN7O.